The number of aryl methyl sites for hydroxylation is 1. The van der Waals surface area contributed by atoms with Crippen molar-refractivity contribution in [1.29, 1.82) is 5.26 Å². The number of nitrogens with one attached hydrogen (secondary N) is 3. The van der Waals surface area contributed by atoms with Crippen LogP contribution in [0.2, 0.25) is 0 Å². The summed E-state index contributed by atoms with van der Waals surface area (Å²) >= 11 is 0. The molecule has 1 unspecified atom stereocenters. The minimum absolute atomic E-state index is 0.00690. The van der Waals surface area contributed by atoms with E-state index in [-0.39, 0.29) is 11.7 Å². The molecule has 2 heterocycles. The Morgan fingerprint density at radius 3 is 2.42 bits per heavy atom. The molecule has 184 valence electrons. The number of para-hydroxylation sites is 1. The summed E-state index contributed by atoms with van der Waals surface area (Å²) in [4.78, 5) is 25.1. The molecule has 1 fully saturated rings. The molecule has 3 aromatic rings. The molecule has 1 atom stereocenters. The molecule has 1 aliphatic rings. The molecule has 0 bridgehead atoms. The van der Waals surface area contributed by atoms with Crippen molar-refractivity contribution in [3.8, 4) is 6.07 Å². The Labute approximate surface area is 210 Å². The minimum Gasteiger partial charge on any atom is -0.376 e. The van der Waals surface area contributed by atoms with Gasteiger partial charge < -0.3 is 25.3 Å². The van der Waals surface area contributed by atoms with Crippen molar-refractivity contribution < 1.29 is 14.3 Å². The normalized spacial score (nSPS) is 15.2. The third-order valence-electron chi connectivity index (χ3n) is 6.10. The number of anilines is 3. The molecule has 0 aliphatic carbocycles. The van der Waals surface area contributed by atoms with Gasteiger partial charge in [0.25, 0.3) is 5.91 Å². The maximum absolute atomic E-state index is 12.9. The van der Waals surface area contributed by atoms with Gasteiger partial charge in [-0.05, 0) is 74.7 Å². The van der Waals surface area contributed by atoms with E-state index in [0.717, 1.165) is 42.9 Å². The number of hydrogen-bond donors (Lipinski definition) is 3. The molecule has 0 spiro atoms. The summed E-state index contributed by atoms with van der Waals surface area (Å²) in [6.45, 7) is 5.55. The number of benzene rings is 2. The number of rotatable bonds is 7. The Bertz CT molecular complexity index is 1310. The van der Waals surface area contributed by atoms with E-state index in [1.165, 1.54) is 0 Å². The first kappa shape index (κ1) is 24.8. The van der Waals surface area contributed by atoms with Gasteiger partial charge in [0.05, 0.1) is 6.10 Å². The molecule has 1 aliphatic heterocycles. The summed E-state index contributed by atoms with van der Waals surface area (Å²) in [6.07, 6.45) is 3.92. The molecule has 0 radical (unpaired) electrons. The van der Waals surface area contributed by atoms with Crippen molar-refractivity contribution in [2.45, 2.75) is 39.3 Å². The number of amides is 3. The average molecular weight is 484 g/mol. The Morgan fingerprint density at radius 1 is 1.03 bits per heavy atom. The Hall–Kier alpha value is -4.35. The van der Waals surface area contributed by atoms with E-state index in [0.29, 0.717) is 17.1 Å². The zero-order chi connectivity index (χ0) is 25.5. The Balaban J connectivity index is 1.43. The van der Waals surface area contributed by atoms with Crippen LogP contribution >= 0.6 is 0 Å². The molecule has 36 heavy (non-hydrogen) atoms. The summed E-state index contributed by atoms with van der Waals surface area (Å²) in [7, 11) is 0. The van der Waals surface area contributed by atoms with E-state index < -0.39 is 11.9 Å². The van der Waals surface area contributed by atoms with Crippen molar-refractivity contribution in [2.75, 3.05) is 22.6 Å². The zero-order valence-corrected chi connectivity index (χ0v) is 20.4. The Morgan fingerprint density at radius 2 is 1.72 bits per heavy atom. The lowest BCUT2D eigenvalue weighted by molar-refractivity contribution is -0.112. The summed E-state index contributed by atoms with van der Waals surface area (Å²) in [5, 5.41) is 17.9. The first-order valence-corrected chi connectivity index (χ1v) is 11.9. The lowest BCUT2D eigenvalue weighted by Gasteiger charge is -2.14. The van der Waals surface area contributed by atoms with Crippen molar-refractivity contribution in [3.63, 3.8) is 0 Å². The summed E-state index contributed by atoms with van der Waals surface area (Å²) in [6, 6.07) is 19.4. The molecule has 4 rings (SSSR count). The number of nitriles is 1. The second-order valence-corrected chi connectivity index (χ2v) is 8.72. The molecule has 3 N–H and O–H groups in total. The van der Waals surface area contributed by atoms with E-state index in [2.05, 4.69) is 20.5 Å². The number of hydrogen-bond acceptors (Lipinski definition) is 4. The predicted octanol–water partition coefficient (Wildman–Crippen LogP) is 5.47. The number of nitrogens with zero attached hydrogens (tertiary/aromatic N) is 2. The SMILES string of the molecule is Cc1cc(/C=C(\C#N)C(=O)Nc2cccc(NC(=O)Nc3ccccc3)c2)c(C)n1CC1CCCO1. The van der Waals surface area contributed by atoms with Crippen molar-refractivity contribution in [3.05, 3.63) is 83.2 Å². The van der Waals surface area contributed by atoms with Gasteiger partial charge in [0.1, 0.15) is 11.6 Å². The van der Waals surface area contributed by atoms with Crippen LogP contribution in [0.25, 0.3) is 6.08 Å². The molecule has 2 aromatic carbocycles. The molecule has 1 saturated heterocycles. The van der Waals surface area contributed by atoms with Crippen LogP contribution in [0.4, 0.5) is 21.9 Å². The van der Waals surface area contributed by atoms with Gasteiger partial charge in [-0.15, -0.1) is 0 Å². The maximum Gasteiger partial charge on any atom is 0.323 e. The van der Waals surface area contributed by atoms with Gasteiger partial charge in [-0.25, -0.2) is 4.79 Å². The molecule has 3 amide bonds. The van der Waals surface area contributed by atoms with Crippen LogP contribution < -0.4 is 16.0 Å². The van der Waals surface area contributed by atoms with Crippen molar-refractivity contribution in [2.24, 2.45) is 0 Å². The molecular formula is C28H29N5O3. The van der Waals surface area contributed by atoms with Crippen molar-refractivity contribution in [1.82, 2.24) is 4.57 Å². The van der Waals surface area contributed by atoms with Crippen LogP contribution in [-0.4, -0.2) is 29.2 Å². The van der Waals surface area contributed by atoms with Crippen LogP contribution in [0.1, 0.15) is 29.8 Å². The molecule has 0 saturated carbocycles. The van der Waals surface area contributed by atoms with Gasteiger partial charge in [-0.1, -0.05) is 24.3 Å². The fourth-order valence-electron chi connectivity index (χ4n) is 4.24. The predicted molar refractivity (Wildman–Crippen MR) is 141 cm³/mol. The fraction of sp³-hybridized carbons (Fsp3) is 0.250. The van der Waals surface area contributed by atoms with E-state index in [1.807, 2.05) is 44.2 Å². The average Bonchev–Trinajstić information content (AvgIpc) is 3.47. The number of urea groups is 1. The first-order chi connectivity index (χ1) is 17.4. The zero-order valence-electron chi connectivity index (χ0n) is 20.4. The van der Waals surface area contributed by atoms with Crippen molar-refractivity contribution >= 4 is 35.1 Å². The lowest BCUT2D eigenvalue weighted by atomic mass is 10.1. The van der Waals surface area contributed by atoms with E-state index in [4.69, 9.17) is 4.74 Å². The van der Waals surface area contributed by atoms with E-state index in [1.54, 1.807) is 42.5 Å². The van der Waals surface area contributed by atoms with Gasteiger partial charge in [-0.3, -0.25) is 4.79 Å². The third kappa shape index (κ3) is 6.20. The summed E-state index contributed by atoms with van der Waals surface area (Å²) < 4.78 is 7.93. The standard InChI is InChI=1S/C28H29N5O3/c1-19-14-21(20(2)33(19)18-26-12-7-13-36-26)15-22(17-29)27(34)30-24-10-6-11-25(16-24)32-28(35)31-23-8-4-3-5-9-23/h3-6,8-11,14-16,26H,7,12-13,18H2,1-2H3,(H,30,34)(H2,31,32,35)/b22-15+. The molecule has 8 nitrogen and oxygen atoms in total. The quantitative estimate of drug-likeness (QED) is 0.306. The second kappa shape index (κ2) is 11.4. The van der Waals surface area contributed by atoms with Gasteiger partial charge in [-0.2, -0.15) is 5.26 Å². The van der Waals surface area contributed by atoms with E-state index in [9.17, 15) is 14.9 Å². The van der Waals surface area contributed by atoms with Crippen LogP contribution in [0.15, 0.2) is 66.2 Å². The number of carbonyl (C=O) groups excluding carboxylic acids is 2. The topological polar surface area (TPSA) is 108 Å². The largest absolute Gasteiger partial charge is 0.376 e. The number of carbonyl (C=O) groups is 2. The highest BCUT2D eigenvalue weighted by atomic mass is 16.5. The number of ether oxygens (including phenoxy) is 1. The van der Waals surface area contributed by atoms with Gasteiger partial charge in [0.15, 0.2) is 0 Å². The monoisotopic (exact) mass is 483 g/mol. The molecular weight excluding hydrogens is 454 g/mol. The third-order valence-corrected chi connectivity index (χ3v) is 6.10. The first-order valence-electron chi connectivity index (χ1n) is 11.9. The summed E-state index contributed by atoms with van der Waals surface area (Å²) in [5.41, 5.74) is 4.48. The number of aromatic nitrogens is 1. The summed E-state index contributed by atoms with van der Waals surface area (Å²) in [5.74, 6) is -0.521. The van der Waals surface area contributed by atoms with Gasteiger partial charge >= 0.3 is 6.03 Å². The minimum atomic E-state index is -0.521. The van der Waals surface area contributed by atoms with E-state index >= 15 is 0 Å². The maximum atomic E-state index is 12.9. The second-order valence-electron chi connectivity index (χ2n) is 8.72. The highest BCUT2D eigenvalue weighted by molar-refractivity contribution is 6.10. The van der Waals surface area contributed by atoms with Crippen LogP contribution in [-0.2, 0) is 16.1 Å². The van der Waals surface area contributed by atoms with Crippen LogP contribution in [0.3, 0.4) is 0 Å². The molecule has 8 heteroatoms. The molecule has 1 aromatic heterocycles. The van der Waals surface area contributed by atoms with Gasteiger partial charge in [0.2, 0.25) is 0 Å². The van der Waals surface area contributed by atoms with Crippen LogP contribution in [0.5, 0.6) is 0 Å². The lowest BCUT2D eigenvalue weighted by Crippen LogP contribution is -2.19. The highest BCUT2D eigenvalue weighted by Crippen LogP contribution is 2.23. The van der Waals surface area contributed by atoms with Crippen LogP contribution in [0, 0.1) is 25.2 Å². The fourth-order valence-corrected chi connectivity index (χ4v) is 4.24. The Kier molecular flexibility index (Phi) is 7.83. The smallest absolute Gasteiger partial charge is 0.323 e. The highest BCUT2D eigenvalue weighted by Gasteiger charge is 2.19. The van der Waals surface area contributed by atoms with Gasteiger partial charge in [0, 0.05) is 41.6 Å².